The maximum Gasteiger partial charge on any atom is 0.472 e. The van der Waals surface area contributed by atoms with Gasteiger partial charge in [0.2, 0.25) is 0 Å². The predicted octanol–water partition coefficient (Wildman–Crippen LogP) is 9.43. The smallest absolute Gasteiger partial charge is 0.462 e. The van der Waals surface area contributed by atoms with E-state index in [1.807, 2.05) is 12.2 Å². The Labute approximate surface area is 332 Å². The van der Waals surface area contributed by atoms with Crippen LogP contribution in [0.5, 0.6) is 0 Å². The monoisotopic (exact) mass is 796 g/mol. The van der Waals surface area contributed by atoms with Crippen molar-refractivity contribution in [3.8, 4) is 0 Å². The van der Waals surface area contributed by atoms with E-state index in [1.165, 1.54) is 19.3 Å². The average Bonchev–Trinajstić information content (AvgIpc) is 3.16. The molecule has 5 N–H and O–H groups in total. The number of phosphoric ester groups is 1. The third-order valence-electron chi connectivity index (χ3n) is 8.28. The van der Waals surface area contributed by atoms with Crippen LogP contribution in [0.4, 0.5) is 0 Å². The van der Waals surface area contributed by atoms with Gasteiger partial charge in [-0.25, -0.2) is 4.57 Å². The number of allylic oxidation sites excluding steroid dienone is 11. The normalized spacial score (nSPS) is 15.2. The van der Waals surface area contributed by atoms with Crippen LogP contribution in [0.2, 0.25) is 0 Å². The molecule has 3 unspecified atom stereocenters. The lowest BCUT2D eigenvalue weighted by atomic mass is 10.0. The van der Waals surface area contributed by atoms with Gasteiger partial charge in [-0.3, -0.25) is 18.6 Å². The van der Waals surface area contributed by atoms with Crippen LogP contribution in [-0.4, -0.2) is 71.7 Å². The number of aliphatic hydroxyl groups excluding tert-OH is 2. The molecule has 0 radical (unpaired) electrons. The molecule has 0 aromatic carbocycles. The largest absolute Gasteiger partial charge is 0.472 e. The maximum atomic E-state index is 12.6. The SMILES string of the molecule is CC/C=C\C/C=C\C/C=C\CCCCCCCC(=O)O[C@H](COC(=O)CCCC(O)C(O)C/C=C\C/C=C\C/C=C\CCCCC)COP(=O)(O)OCCN. The first-order chi connectivity index (χ1) is 26.6. The molecule has 0 aromatic heterocycles. The second kappa shape index (κ2) is 38.3. The Morgan fingerprint density at radius 3 is 1.80 bits per heavy atom. The Bertz CT molecular complexity index is 1170. The Morgan fingerprint density at radius 1 is 0.636 bits per heavy atom. The summed E-state index contributed by atoms with van der Waals surface area (Å²) in [6.45, 7) is 3.21. The van der Waals surface area contributed by atoms with Crippen LogP contribution in [0.25, 0.3) is 0 Å². The highest BCUT2D eigenvalue weighted by Crippen LogP contribution is 2.43. The van der Waals surface area contributed by atoms with Gasteiger partial charge in [0.05, 0.1) is 25.4 Å². The van der Waals surface area contributed by atoms with E-state index in [1.54, 1.807) is 0 Å². The van der Waals surface area contributed by atoms with Crippen molar-refractivity contribution in [2.45, 2.75) is 161 Å². The molecule has 0 bridgehead atoms. The van der Waals surface area contributed by atoms with Gasteiger partial charge in [0, 0.05) is 19.4 Å². The first-order valence-electron chi connectivity index (χ1n) is 20.6. The van der Waals surface area contributed by atoms with Gasteiger partial charge in [0.25, 0.3) is 0 Å². The molecular weight excluding hydrogens is 721 g/mol. The Kier molecular flexibility index (Phi) is 36.4. The lowest BCUT2D eigenvalue weighted by molar-refractivity contribution is -0.161. The summed E-state index contributed by atoms with van der Waals surface area (Å²) >= 11 is 0. The molecule has 0 aliphatic heterocycles. The number of hydrogen-bond donors (Lipinski definition) is 4. The second-order valence-electron chi connectivity index (χ2n) is 13.4. The van der Waals surface area contributed by atoms with Crippen LogP contribution in [0.1, 0.15) is 142 Å². The van der Waals surface area contributed by atoms with Crippen LogP contribution in [0.3, 0.4) is 0 Å². The fraction of sp³-hybridized carbons (Fsp3) is 0.674. The van der Waals surface area contributed by atoms with Crippen LogP contribution < -0.4 is 5.73 Å². The number of rotatable bonds is 37. The highest BCUT2D eigenvalue weighted by molar-refractivity contribution is 7.47. The molecule has 4 atom stereocenters. The molecule has 316 valence electrons. The molecule has 12 heteroatoms. The molecule has 0 heterocycles. The summed E-state index contributed by atoms with van der Waals surface area (Å²) in [5, 5.41) is 20.6. The quantitative estimate of drug-likeness (QED) is 0.0204. The Hall–Kier alpha value is -2.63. The Balaban J connectivity index is 4.47. The summed E-state index contributed by atoms with van der Waals surface area (Å²) < 4.78 is 32.5. The summed E-state index contributed by atoms with van der Waals surface area (Å²) in [6.07, 6.45) is 38.2. The van der Waals surface area contributed by atoms with Gasteiger partial charge >= 0.3 is 19.8 Å². The molecule has 11 nitrogen and oxygen atoms in total. The van der Waals surface area contributed by atoms with Crippen molar-refractivity contribution in [3.63, 3.8) is 0 Å². The fourth-order valence-electron chi connectivity index (χ4n) is 5.10. The molecule has 0 amide bonds. The highest BCUT2D eigenvalue weighted by Gasteiger charge is 2.26. The van der Waals surface area contributed by atoms with Crippen LogP contribution >= 0.6 is 7.82 Å². The zero-order valence-electron chi connectivity index (χ0n) is 33.9. The molecule has 0 saturated heterocycles. The van der Waals surface area contributed by atoms with E-state index < -0.39 is 44.7 Å². The van der Waals surface area contributed by atoms with E-state index in [4.69, 9.17) is 24.3 Å². The lowest BCUT2D eigenvalue weighted by Crippen LogP contribution is -2.30. The van der Waals surface area contributed by atoms with E-state index in [2.05, 4.69) is 74.6 Å². The molecule has 0 aliphatic carbocycles. The molecule has 0 saturated carbocycles. The zero-order chi connectivity index (χ0) is 40.7. The molecule has 0 aliphatic rings. The molecule has 0 aromatic rings. The van der Waals surface area contributed by atoms with E-state index in [9.17, 15) is 29.3 Å². The number of esters is 2. The number of unbranched alkanes of at least 4 members (excludes halogenated alkanes) is 8. The van der Waals surface area contributed by atoms with E-state index in [0.717, 1.165) is 70.6 Å². The van der Waals surface area contributed by atoms with Crippen LogP contribution in [0.15, 0.2) is 72.9 Å². The molecule has 0 rings (SSSR count). The summed E-state index contributed by atoms with van der Waals surface area (Å²) in [6, 6.07) is 0. The first kappa shape index (κ1) is 52.4. The number of aliphatic hydroxyl groups is 2. The average molecular weight is 796 g/mol. The van der Waals surface area contributed by atoms with E-state index >= 15 is 0 Å². The van der Waals surface area contributed by atoms with Gasteiger partial charge in [-0.05, 0) is 83.5 Å². The predicted molar refractivity (Wildman–Crippen MR) is 222 cm³/mol. The van der Waals surface area contributed by atoms with Crippen molar-refractivity contribution in [2.24, 2.45) is 5.73 Å². The third-order valence-corrected chi connectivity index (χ3v) is 9.26. The summed E-state index contributed by atoms with van der Waals surface area (Å²) in [5.41, 5.74) is 5.32. The van der Waals surface area contributed by atoms with Crippen molar-refractivity contribution < 1.29 is 47.8 Å². The standard InChI is InChI=1S/C43H74NO10P/c1-3-5-7-9-11-13-15-17-18-19-21-23-25-27-29-33-43(48)54-39(38-53-55(49,50)52-36-35-44)37-51-42(47)34-30-32-41(46)40(45)31-28-26-24-22-20-16-14-12-10-8-6-4-2/h5,7,11-14,17-18,20,22,26,28,39-41,45-46H,3-4,6,8-10,15-16,19,21,23-25,27,29-38,44H2,1-2H3,(H,49,50)/b7-5-,13-11-,14-12-,18-17-,22-20-,28-26-/t39-,40?,41?/m1/s1. The van der Waals surface area contributed by atoms with Crippen molar-refractivity contribution >= 4 is 19.8 Å². The minimum atomic E-state index is -4.45. The number of ether oxygens (including phenoxy) is 2. The topological polar surface area (TPSA) is 175 Å². The van der Waals surface area contributed by atoms with Gasteiger partial charge in [0.1, 0.15) is 6.61 Å². The van der Waals surface area contributed by atoms with Gasteiger partial charge in [0.15, 0.2) is 6.10 Å². The van der Waals surface area contributed by atoms with Gasteiger partial charge in [-0.1, -0.05) is 119 Å². The van der Waals surface area contributed by atoms with Gasteiger partial charge < -0.3 is 30.3 Å². The molecular formula is C43H74NO10P. The third kappa shape index (κ3) is 36.7. The number of phosphoric acid groups is 1. The highest BCUT2D eigenvalue weighted by atomic mass is 31.2. The van der Waals surface area contributed by atoms with Crippen molar-refractivity contribution in [3.05, 3.63) is 72.9 Å². The number of carbonyl (C=O) groups is 2. The van der Waals surface area contributed by atoms with Crippen LogP contribution in [0, 0.1) is 0 Å². The number of nitrogens with two attached hydrogens (primary N) is 1. The molecule has 0 fully saturated rings. The van der Waals surface area contributed by atoms with Crippen molar-refractivity contribution in [2.75, 3.05) is 26.4 Å². The van der Waals surface area contributed by atoms with Gasteiger partial charge in [-0.2, -0.15) is 0 Å². The first-order valence-corrected chi connectivity index (χ1v) is 22.1. The van der Waals surface area contributed by atoms with E-state index in [0.29, 0.717) is 12.8 Å². The van der Waals surface area contributed by atoms with Crippen LogP contribution in [-0.2, 0) is 32.7 Å². The summed E-state index contributed by atoms with van der Waals surface area (Å²) in [5.74, 6) is -1.14. The fourth-order valence-corrected chi connectivity index (χ4v) is 5.87. The molecule has 0 spiro atoms. The van der Waals surface area contributed by atoms with Gasteiger partial charge in [-0.15, -0.1) is 0 Å². The Morgan fingerprint density at radius 2 is 1.18 bits per heavy atom. The summed E-state index contributed by atoms with van der Waals surface area (Å²) in [4.78, 5) is 34.9. The minimum Gasteiger partial charge on any atom is -0.462 e. The maximum absolute atomic E-state index is 12.6. The molecule has 55 heavy (non-hydrogen) atoms. The van der Waals surface area contributed by atoms with E-state index in [-0.39, 0.29) is 45.4 Å². The minimum absolute atomic E-state index is 0.00720. The second-order valence-corrected chi connectivity index (χ2v) is 14.9. The number of carbonyl (C=O) groups excluding carboxylic acids is 2. The summed E-state index contributed by atoms with van der Waals surface area (Å²) in [7, 11) is -4.45. The van der Waals surface area contributed by atoms with Crippen molar-refractivity contribution in [1.82, 2.24) is 0 Å². The number of hydrogen-bond acceptors (Lipinski definition) is 10. The zero-order valence-corrected chi connectivity index (χ0v) is 34.7. The van der Waals surface area contributed by atoms with Crippen molar-refractivity contribution in [1.29, 1.82) is 0 Å². The lowest BCUT2D eigenvalue weighted by Gasteiger charge is -2.20.